The van der Waals surface area contributed by atoms with Crippen molar-refractivity contribution in [3.05, 3.63) is 40.5 Å². The highest BCUT2D eigenvalue weighted by atomic mass is 15.1. The Morgan fingerprint density at radius 1 is 1.46 bits per heavy atom. The lowest BCUT2D eigenvalue weighted by Gasteiger charge is -1.94. The first-order chi connectivity index (χ1) is 6.33. The van der Waals surface area contributed by atoms with E-state index in [4.69, 9.17) is 5.53 Å². The minimum atomic E-state index is 0.567. The van der Waals surface area contributed by atoms with E-state index < -0.39 is 0 Å². The van der Waals surface area contributed by atoms with Crippen LogP contribution in [-0.2, 0) is 6.54 Å². The van der Waals surface area contributed by atoms with Crippen LogP contribution in [0.1, 0.15) is 12.0 Å². The van der Waals surface area contributed by atoms with Crippen LogP contribution in [0.5, 0.6) is 0 Å². The summed E-state index contributed by atoms with van der Waals surface area (Å²) in [7, 11) is 0. The van der Waals surface area contributed by atoms with Gasteiger partial charge in [0.25, 0.3) is 0 Å². The lowest BCUT2D eigenvalue weighted by atomic mass is 10.3. The van der Waals surface area contributed by atoms with Crippen LogP contribution in [0.3, 0.4) is 0 Å². The average molecular weight is 177 g/mol. The molecular weight excluding hydrogens is 164 g/mol. The maximum absolute atomic E-state index is 8.05. The second-order valence-corrected chi connectivity index (χ2v) is 2.92. The summed E-state index contributed by atoms with van der Waals surface area (Å²) in [4.78, 5) is 2.70. The van der Waals surface area contributed by atoms with Crippen LogP contribution in [0.2, 0.25) is 0 Å². The largest absolute Gasteiger partial charge is 0.205 e. The first kappa shape index (κ1) is 9.55. The zero-order valence-electron chi connectivity index (χ0n) is 7.72. The molecule has 4 nitrogen and oxygen atoms in total. The van der Waals surface area contributed by atoms with E-state index in [9.17, 15) is 0 Å². The van der Waals surface area contributed by atoms with Gasteiger partial charge in [-0.1, -0.05) is 5.11 Å². The molecule has 1 aromatic heterocycles. The van der Waals surface area contributed by atoms with Gasteiger partial charge in [0.15, 0.2) is 12.4 Å². The average Bonchev–Trinajstić information content (AvgIpc) is 2.15. The van der Waals surface area contributed by atoms with E-state index in [-0.39, 0.29) is 0 Å². The summed E-state index contributed by atoms with van der Waals surface area (Å²) in [5.74, 6) is 0. The molecule has 0 amide bonds. The molecule has 0 saturated heterocycles. The van der Waals surface area contributed by atoms with Gasteiger partial charge in [-0.2, -0.15) is 0 Å². The molecule has 0 N–H and O–H groups in total. The third-order valence-corrected chi connectivity index (χ3v) is 1.80. The van der Waals surface area contributed by atoms with Gasteiger partial charge in [0.2, 0.25) is 0 Å². The Hall–Kier alpha value is -1.54. The maximum atomic E-state index is 8.05. The second kappa shape index (κ2) is 5.17. The van der Waals surface area contributed by atoms with E-state index in [2.05, 4.69) is 33.6 Å². The molecule has 1 aromatic rings. The number of hydrogen-bond acceptors (Lipinski definition) is 1. The van der Waals surface area contributed by atoms with Gasteiger partial charge in [-0.05, 0) is 18.0 Å². The van der Waals surface area contributed by atoms with Crippen LogP contribution in [0.4, 0.5) is 0 Å². The molecule has 0 atom stereocenters. The summed E-state index contributed by atoms with van der Waals surface area (Å²) < 4.78 is 2.08. The Balaban J connectivity index is 2.37. The lowest BCUT2D eigenvalue weighted by molar-refractivity contribution is -0.697. The van der Waals surface area contributed by atoms with Crippen molar-refractivity contribution in [1.29, 1.82) is 0 Å². The number of nitrogens with zero attached hydrogens (tertiary/aromatic N) is 4. The lowest BCUT2D eigenvalue weighted by Crippen LogP contribution is -2.32. The maximum Gasteiger partial charge on any atom is 0.169 e. The van der Waals surface area contributed by atoms with Crippen molar-refractivity contribution in [2.24, 2.45) is 5.11 Å². The van der Waals surface area contributed by atoms with Crippen molar-refractivity contribution < 1.29 is 4.57 Å². The standard InChI is InChI=1S/C9H13N4/c1-9-3-7-13(8-4-9)6-2-5-11-12-10/h3-4,7-8H,2,5-6H2,1H3/q+1. The number of rotatable bonds is 4. The Kier molecular flexibility index (Phi) is 3.79. The van der Waals surface area contributed by atoms with E-state index in [1.54, 1.807) is 0 Å². The molecule has 0 unspecified atom stereocenters. The molecule has 0 radical (unpaired) electrons. The quantitative estimate of drug-likeness (QED) is 0.222. The van der Waals surface area contributed by atoms with Crippen molar-refractivity contribution in [3.63, 3.8) is 0 Å². The van der Waals surface area contributed by atoms with Crippen molar-refractivity contribution in [2.75, 3.05) is 6.54 Å². The normalized spacial score (nSPS) is 9.31. The van der Waals surface area contributed by atoms with Gasteiger partial charge < -0.3 is 0 Å². The van der Waals surface area contributed by atoms with E-state index in [0.29, 0.717) is 6.54 Å². The van der Waals surface area contributed by atoms with Gasteiger partial charge >= 0.3 is 0 Å². The molecule has 0 aromatic carbocycles. The zero-order chi connectivity index (χ0) is 9.52. The number of aromatic nitrogens is 1. The fourth-order valence-electron chi connectivity index (χ4n) is 1.05. The number of pyridine rings is 1. The molecule has 1 rings (SSSR count). The molecule has 68 valence electrons. The number of hydrogen-bond donors (Lipinski definition) is 0. The molecule has 13 heavy (non-hydrogen) atoms. The van der Waals surface area contributed by atoms with E-state index in [0.717, 1.165) is 13.0 Å². The first-order valence-corrected chi connectivity index (χ1v) is 4.29. The SMILES string of the molecule is Cc1cc[n+](CCCN=[N+]=[N-])cc1. The second-order valence-electron chi connectivity index (χ2n) is 2.92. The Bertz CT molecular complexity index is 298. The summed E-state index contributed by atoms with van der Waals surface area (Å²) in [6.45, 7) is 3.53. The first-order valence-electron chi connectivity index (χ1n) is 4.29. The van der Waals surface area contributed by atoms with Crippen molar-refractivity contribution in [3.8, 4) is 0 Å². The fourth-order valence-corrected chi connectivity index (χ4v) is 1.05. The summed E-state index contributed by atoms with van der Waals surface area (Å²) in [6, 6.07) is 4.13. The van der Waals surface area contributed by atoms with Crippen LogP contribution in [-0.4, -0.2) is 6.54 Å². The van der Waals surface area contributed by atoms with Crippen molar-refractivity contribution >= 4 is 0 Å². The van der Waals surface area contributed by atoms with Gasteiger partial charge in [0.05, 0.1) is 0 Å². The molecule has 0 saturated carbocycles. The summed E-state index contributed by atoms with van der Waals surface area (Å²) in [5, 5.41) is 3.47. The summed E-state index contributed by atoms with van der Waals surface area (Å²) in [6.07, 6.45) is 4.95. The van der Waals surface area contributed by atoms with E-state index in [1.165, 1.54) is 5.56 Å². The molecule has 0 fully saturated rings. The molecule has 0 aliphatic heterocycles. The predicted octanol–water partition coefficient (Wildman–Crippen LogP) is 1.98. The van der Waals surface area contributed by atoms with Crippen LogP contribution >= 0.6 is 0 Å². The van der Waals surface area contributed by atoms with Crippen LogP contribution < -0.4 is 4.57 Å². The van der Waals surface area contributed by atoms with E-state index in [1.807, 2.05) is 12.4 Å². The Labute approximate surface area is 77.5 Å². The molecule has 1 heterocycles. The smallest absolute Gasteiger partial charge is 0.169 e. The van der Waals surface area contributed by atoms with E-state index >= 15 is 0 Å². The Morgan fingerprint density at radius 2 is 2.15 bits per heavy atom. The monoisotopic (exact) mass is 177 g/mol. The molecule has 0 spiro atoms. The summed E-state index contributed by atoms with van der Waals surface area (Å²) >= 11 is 0. The highest BCUT2D eigenvalue weighted by Crippen LogP contribution is 1.90. The summed E-state index contributed by atoms with van der Waals surface area (Å²) in [5.41, 5.74) is 9.31. The topological polar surface area (TPSA) is 52.6 Å². The minimum absolute atomic E-state index is 0.567. The Morgan fingerprint density at radius 3 is 2.77 bits per heavy atom. The van der Waals surface area contributed by atoms with Gasteiger partial charge in [-0.15, -0.1) is 0 Å². The molecule has 0 aliphatic rings. The number of azide groups is 1. The third-order valence-electron chi connectivity index (χ3n) is 1.80. The predicted molar refractivity (Wildman–Crippen MR) is 50.0 cm³/mol. The fraction of sp³-hybridized carbons (Fsp3) is 0.444. The highest BCUT2D eigenvalue weighted by molar-refractivity contribution is 5.03. The third kappa shape index (κ3) is 3.58. The molecular formula is C9H13N4+. The van der Waals surface area contributed by atoms with Crippen molar-refractivity contribution in [2.45, 2.75) is 19.9 Å². The highest BCUT2D eigenvalue weighted by Gasteiger charge is 1.97. The van der Waals surface area contributed by atoms with Gasteiger partial charge in [0.1, 0.15) is 6.54 Å². The minimum Gasteiger partial charge on any atom is -0.205 e. The van der Waals surface area contributed by atoms with Gasteiger partial charge in [0, 0.05) is 30.0 Å². The van der Waals surface area contributed by atoms with Crippen LogP contribution in [0.25, 0.3) is 10.4 Å². The van der Waals surface area contributed by atoms with Crippen molar-refractivity contribution in [1.82, 2.24) is 0 Å². The zero-order valence-corrected chi connectivity index (χ0v) is 7.72. The number of aryl methyl sites for hydroxylation is 2. The molecule has 0 bridgehead atoms. The van der Waals surface area contributed by atoms with Gasteiger partial charge in [-0.25, -0.2) is 4.57 Å². The van der Waals surface area contributed by atoms with Crippen LogP contribution in [0.15, 0.2) is 29.6 Å². The molecule has 0 aliphatic carbocycles. The molecule has 4 heteroatoms. The van der Waals surface area contributed by atoms with Crippen LogP contribution in [0, 0.1) is 6.92 Å². The van der Waals surface area contributed by atoms with Gasteiger partial charge in [-0.3, -0.25) is 0 Å².